The molecule has 0 aliphatic carbocycles. The molecule has 0 saturated heterocycles. The molecular weight excluding hydrogens is 396 g/mol. The van der Waals surface area contributed by atoms with Crippen LogP contribution >= 0.6 is 0 Å². The summed E-state index contributed by atoms with van der Waals surface area (Å²) in [6.07, 6.45) is -1.49. The van der Waals surface area contributed by atoms with E-state index in [1.165, 1.54) is 0 Å². The van der Waals surface area contributed by atoms with Gasteiger partial charge in [0.2, 0.25) is 5.96 Å². The van der Waals surface area contributed by atoms with Gasteiger partial charge in [-0.1, -0.05) is 18.2 Å². The quantitative estimate of drug-likeness (QED) is 0.446. The molecule has 0 fully saturated rings. The number of anilines is 2. The summed E-state index contributed by atoms with van der Waals surface area (Å²) in [7, 11) is 0. The molecule has 2 rings (SSSR count). The van der Waals surface area contributed by atoms with Gasteiger partial charge in [-0.05, 0) is 77.9 Å². The monoisotopic (exact) mass is 426 g/mol. The van der Waals surface area contributed by atoms with Crippen molar-refractivity contribution >= 4 is 35.2 Å². The Morgan fingerprint density at radius 2 is 1.16 bits per heavy atom. The van der Waals surface area contributed by atoms with E-state index in [0.717, 1.165) is 11.4 Å². The fourth-order valence-corrected chi connectivity index (χ4v) is 2.32. The van der Waals surface area contributed by atoms with Crippen LogP contribution in [0.3, 0.4) is 0 Å². The molecule has 0 spiro atoms. The van der Waals surface area contributed by atoms with Crippen molar-refractivity contribution in [2.75, 3.05) is 5.32 Å². The van der Waals surface area contributed by atoms with Crippen molar-refractivity contribution in [3.63, 3.8) is 0 Å². The molecule has 2 aromatic carbocycles. The summed E-state index contributed by atoms with van der Waals surface area (Å²) in [6.45, 7) is 10.4. The molecular formula is C23H30N4O4. The summed E-state index contributed by atoms with van der Waals surface area (Å²) in [5.41, 5.74) is 0.933. The lowest BCUT2D eigenvalue weighted by Crippen LogP contribution is -2.47. The average molecular weight is 427 g/mol. The van der Waals surface area contributed by atoms with Gasteiger partial charge < -0.3 is 14.8 Å². The maximum absolute atomic E-state index is 12.2. The van der Waals surface area contributed by atoms with E-state index in [-0.39, 0.29) is 5.96 Å². The predicted molar refractivity (Wildman–Crippen MR) is 122 cm³/mol. The second-order valence-electron chi connectivity index (χ2n) is 8.75. The summed E-state index contributed by atoms with van der Waals surface area (Å²) in [6, 6.07) is 16.9. The lowest BCUT2D eigenvalue weighted by Gasteiger charge is -2.22. The van der Waals surface area contributed by atoms with Crippen molar-refractivity contribution in [1.29, 1.82) is 0 Å². The van der Waals surface area contributed by atoms with Crippen LogP contribution in [0.5, 0.6) is 0 Å². The lowest BCUT2D eigenvalue weighted by molar-refractivity contribution is 0.0545. The molecule has 2 aromatic rings. The molecule has 166 valence electrons. The molecule has 0 aliphatic rings. The number of carbonyl (C=O) groups excluding carboxylic acids is 2. The number of alkyl carbamates (subject to hydrolysis) is 2. The van der Waals surface area contributed by atoms with E-state index < -0.39 is 23.4 Å². The topological polar surface area (TPSA) is 101 Å². The van der Waals surface area contributed by atoms with Crippen LogP contribution in [-0.2, 0) is 9.47 Å². The number of nitrogens with zero attached hydrogens (tertiary/aromatic N) is 1. The van der Waals surface area contributed by atoms with Crippen LogP contribution in [0.15, 0.2) is 59.6 Å². The van der Waals surface area contributed by atoms with E-state index in [4.69, 9.17) is 9.47 Å². The number of para-hydroxylation sites is 1. The van der Waals surface area contributed by atoms with Crippen LogP contribution in [0.1, 0.15) is 41.5 Å². The first kappa shape index (κ1) is 23.7. The van der Waals surface area contributed by atoms with Gasteiger partial charge in [0.15, 0.2) is 0 Å². The highest BCUT2D eigenvalue weighted by atomic mass is 16.6. The van der Waals surface area contributed by atoms with Crippen LogP contribution in [0.25, 0.3) is 0 Å². The highest BCUT2D eigenvalue weighted by Crippen LogP contribution is 2.20. The second-order valence-corrected chi connectivity index (χ2v) is 8.75. The Kier molecular flexibility index (Phi) is 7.63. The third-order valence-electron chi connectivity index (χ3n) is 3.41. The molecule has 8 heteroatoms. The third-order valence-corrected chi connectivity index (χ3v) is 3.41. The number of hydrogen-bond donors (Lipinski definition) is 3. The summed E-state index contributed by atoms with van der Waals surface area (Å²) in [5, 5.41) is 8.18. The van der Waals surface area contributed by atoms with E-state index in [1.807, 2.05) is 42.5 Å². The number of benzene rings is 2. The van der Waals surface area contributed by atoms with Gasteiger partial charge in [-0.3, -0.25) is 10.6 Å². The van der Waals surface area contributed by atoms with Gasteiger partial charge in [-0.2, -0.15) is 0 Å². The Morgan fingerprint density at radius 1 is 0.710 bits per heavy atom. The number of nitrogens with one attached hydrogen (secondary N) is 3. The molecule has 0 radical (unpaired) electrons. The number of hydrogen-bond acceptors (Lipinski definition) is 6. The second kappa shape index (κ2) is 9.97. The van der Waals surface area contributed by atoms with Gasteiger partial charge in [-0.15, -0.1) is 0 Å². The molecule has 8 nitrogen and oxygen atoms in total. The minimum atomic E-state index is -0.746. The molecule has 0 aromatic heterocycles. The largest absolute Gasteiger partial charge is 0.444 e. The smallest absolute Gasteiger partial charge is 0.414 e. The minimum absolute atomic E-state index is 0.104. The first-order chi connectivity index (χ1) is 14.4. The lowest BCUT2D eigenvalue weighted by atomic mass is 10.2. The predicted octanol–water partition coefficient (Wildman–Crippen LogP) is 5.47. The number of carbonyl (C=O) groups is 2. The van der Waals surface area contributed by atoms with Crippen molar-refractivity contribution in [2.24, 2.45) is 4.99 Å². The zero-order valence-corrected chi connectivity index (χ0v) is 18.8. The van der Waals surface area contributed by atoms with Crippen molar-refractivity contribution in [2.45, 2.75) is 52.7 Å². The number of ether oxygens (including phenoxy) is 2. The molecule has 0 saturated carbocycles. The van der Waals surface area contributed by atoms with Gasteiger partial charge in [0, 0.05) is 11.4 Å². The van der Waals surface area contributed by atoms with E-state index in [1.54, 1.807) is 53.7 Å². The number of aliphatic imine (C=N–C) groups is 1. The summed E-state index contributed by atoms with van der Waals surface area (Å²) in [4.78, 5) is 28.6. The highest BCUT2D eigenvalue weighted by molar-refractivity contribution is 6.02. The maximum Gasteiger partial charge on any atom is 0.414 e. The molecule has 2 amide bonds. The maximum atomic E-state index is 12.2. The first-order valence-electron chi connectivity index (χ1n) is 9.90. The van der Waals surface area contributed by atoms with Crippen LogP contribution in [-0.4, -0.2) is 29.3 Å². The van der Waals surface area contributed by atoms with Crippen molar-refractivity contribution in [1.82, 2.24) is 10.6 Å². The Balaban J connectivity index is 2.16. The summed E-state index contributed by atoms with van der Waals surface area (Å²) >= 11 is 0. The Labute approximate surface area is 183 Å². The van der Waals surface area contributed by atoms with Crippen molar-refractivity contribution in [3.8, 4) is 0 Å². The molecule has 0 aliphatic heterocycles. The van der Waals surface area contributed by atoms with Gasteiger partial charge in [-0.25, -0.2) is 14.6 Å². The SMILES string of the molecule is CC(C)(C)OC(=O)NC(=Nc1ccc(Nc2ccccc2)cc1)NC(=O)OC(C)(C)C. The van der Waals surface area contributed by atoms with Crippen molar-refractivity contribution < 1.29 is 19.1 Å². The highest BCUT2D eigenvalue weighted by Gasteiger charge is 2.21. The Morgan fingerprint density at radius 3 is 1.61 bits per heavy atom. The summed E-state index contributed by atoms with van der Waals surface area (Å²) < 4.78 is 10.5. The van der Waals surface area contributed by atoms with Gasteiger partial charge in [0.1, 0.15) is 11.2 Å². The molecule has 0 bridgehead atoms. The molecule has 0 atom stereocenters. The first-order valence-corrected chi connectivity index (χ1v) is 9.90. The fourth-order valence-electron chi connectivity index (χ4n) is 2.32. The van der Waals surface area contributed by atoms with E-state index >= 15 is 0 Å². The van der Waals surface area contributed by atoms with E-state index in [9.17, 15) is 9.59 Å². The molecule has 3 N–H and O–H groups in total. The van der Waals surface area contributed by atoms with Gasteiger partial charge >= 0.3 is 12.2 Å². The Bertz CT molecular complexity index is 879. The molecule has 0 unspecified atom stereocenters. The van der Waals surface area contributed by atoms with Crippen LogP contribution in [0, 0.1) is 0 Å². The zero-order valence-electron chi connectivity index (χ0n) is 18.8. The van der Waals surface area contributed by atoms with E-state index in [0.29, 0.717) is 5.69 Å². The summed E-state index contributed by atoms with van der Waals surface area (Å²) in [5.74, 6) is -0.104. The number of amides is 2. The van der Waals surface area contributed by atoms with Crippen LogP contribution < -0.4 is 16.0 Å². The fraction of sp³-hybridized carbons (Fsp3) is 0.348. The zero-order chi connectivity index (χ0) is 23.1. The molecule has 0 heterocycles. The van der Waals surface area contributed by atoms with Gasteiger partial charge in [0.05, 0.1) is 5.69 Å². The number of rotatable bonds is 3. The number of guanidine groups is 1. The van der Waals surface area contributed by atoms with Crippen molar-refractivity contribution in [3.05, 3.63) is 54.6 Å². The minimum Gasteiger partial charge on any atom is -0.444 e. The van der Waals surface area contributed by atoms with Crippen LogP contribution in [0.4, 0.5) is 26.7 Å². The molecule has 31 heavy (non-hydrogen) atoms. The van der Waals surface area contributed by atoms with E-state index in [2.05, 4.69) is 20.9 Å². The van der Waals surface area contributed by atoms with Crippen LogP contribution in [0.2, 0.25) is 0 Å². The Hall–Kier alpha value is -3.55. The normalized spacial score (nSPS) is 11.2. The van der Waals surface area contributed by atoms with Gasteiger partial charge in [0.25, 0.3) is 0 Å². The standard InChI is InChI=1S/C23H30N4O4/c1-22(2,3)30-20(28)26-19(27-21(29)31-23(4,5)6)25-18-14-12-17(13-15-18)24-16-10-8-7-9-11-16/h7-15,24H,1-6H3,(H2,25,26,27,28,29). The third kappa shape index (κ3) is 9.66. The average Bonchev–Trinajstić information content (AvgIpc) is 2.61.